The molecule has 12 heavy (non-hydrogen) atoms. The third-order valence-electron chi connectivity index (χ3n) is 1.18. The number of halogens is 4. The van der Waals surface area contributed by atoms with E-state index in [-0.39, 0.29) is 0 Å². The van der Waals surface area contributed by atoms with Crippen LogP contribution in [-0.2, 0) is 6.32 Å². The summed E-state index contributed by atoms with van der Waals surface area (Å²) in [5.41, 5.74) is -0.509. The predicted molar refractivity (Wildman–Crippen MR) is 34.8 cm³/mol. The van der Waals surface area contributed by atoms with E-state index in [4.69, 9.17) is 0 Å². The number of nitrogens with zero attached hydrogens (tertiary/aromatic N) is 2. The molecular formula is C5H4BF4N2-. The highest BCUT2D eigenvalue weighted by Gasteiger charge is 2.25. The predicted octanol–water partition coefficient (Wildman–Crippen LogP) is 1.54. The van der Waals surface area contributed by atoms with Crippen LogP contribution in [0.25, 0.3) is 0 Å². The van der Waals surface area contributed by atoms with E-state index in [0.717, 1.165) is 12.5 Å². The van der Waals surface area contributed by atoms with E-state index in [9.17, 15) is 17.3 Å². The molecule has 0 saturated heterocycles. The average molecular weight is 179 g/mol. The summed E-state index contributed by atoms with van der Waals surface area (Å²) in [5, 5.41) is 0. The summed E-state index contributed by atoms with van der Waals surface area (Å²) in [5.74, 6) is -1.11. The first kappa shape index (κ1) is 8.96. The third kappa shape index (κ3) is 2.48. The van der Waals surface area contributed by atoms with Crippen molar-refractivity contribution < 1.29 is 17.3 Å². The van der Waals surface area contributed by atoms with Gasteiger partial charge in [0.2, 0.25) is 5.95 Å². The smallest absolute Gasteiger partial charge is 0.449 e. The maximum Gasteiger partial charge on any atom is 0.482 e. The lowest BCUT2D eigenvalue weighted by atomic mass is 9.83. The summed E-state index contributed by atoms with van der Waals surface area (Å²) >= 11 is 0. The Kier molecular flexibility index (Phi) is 2.30. The Bertz CT molecular complexity index is 274. The largest absolute Gasteiger partial charge is 0.482 e. The van der Waals surface area contributed by atoms with Gasteiger partial charge in [0.15, 0.2) is 0 Å². The summed E-state index contributed by atoms with van der Waals surface area (Å²) in [6.45, 7) is -5.02. The highest BCUT2D eigenvalue weighted by Crippen LogP contribution is 2.16. The van der Waals surface area contributed by atoms with E-state index >= 15 is 0 Å². The first-order valence-corrected chi connectivity index (χ1v) is 3.14. The minimum atomic E-state index is -5.02. The van der Waals surface area contributed by atoms with Crippen LogP contribution in [0.4, 0.5) is 17.3 Å². The van der Waals surface area contributed by atoms with Crippen LogP contribution in [0.5, 0.6) is 0 Å². The fourth-order valence-corrected chi connectivity index (χ4v) is 0.730. The number of rotatable bonds is 2. The molecule has 1 aromatic rings. The topological polar surface area (TPSA) is 25.8 Å². The van der Waals surface area contributed by atoms with Gasteiger partial charge < -0.3 is 12.9 Å². The molecule has 0 unspecified atom stereocenters. The first-order chi connectivity index (χ1) is 5.49. The first-order valence-electron chi connectivity index (χ1n) is 3.14. The molecule has 0 aliphatic carbocycles. The van der Waals surface area contributed by atoms with Crippen molar-refractivity contribution in [1.29, 1.82) is 0 Å². The zero-order valence-electron chi connectivity index (χ0n) is 5.85. The summed E-state index contributed by atoms with van der Waals surface area (Å²) < 4.78 is 47.8. The zero-order valence-corrected chi connectivity index (χ0v) is 5.85. The van der Waals surface area contributed by atoms with E-state index in [0.29, 0.717) is 0 Å². The second-order valence-electron chi connectivity index (χ2n) is 2.25. The van der Waals surface area contributed by atoms with Gasteiger partial charge >= 0.3 is 6.98 Å². The Labute approximate surface area is 65.7 Å². The van der Waals surface area contributed by atoms with E-state index in [2.05, 4.69) is 9.97 Å². The molecule has 0 aliphatic heterocycles. The standard InChI is InChI=1S/C5H4BF4N2/c7-5-4(1-6(8,9)10)2-11-3-12-5/h2-3H,1H2/q-1. The van der Waals surface area contributed by atoms with Crippen LogP contribution in [-0.4, -0.2) is 16.9 Å². The molecule has 2 nitrogen and oxygen atoms in total. The maximum absolute atomic E-state index is 12.5. The van der Waals surface area contributed by atoms with Gasteiger partial charge in [-0.05, 0) is 5.56 Å². The molecule has 0 saturated carbocycles. The minimum absolute atomic E-state index is 0.509. The van der Waals surface area contributed by atoms with Crippen LogP contribution in [0.15, 0.2) is 12.5 Å². The van der Waals surface area contributed by atoms with Gasteiger partial charge in [-0.2, -0.15) is 4.39 Å². The van der Waals surface area contributed by atoms with Gasteiger partial charge in [0.1, 0.15) is 6.33 Å². The van der Waals surface area contributed by atoms with Crippen LogP contribution >= 0.6 is 0 Å². The highest BCUT2D eigenvalue weighted by molar-refractivity contribution is 6.57. The fraction of sp³-hybridized carbons (Fsp3) is 0.200. The Morgan fingerprint density at radius 3 is 2.50 bits per heavy atom. The molecule has 0 atom stereocenters. The number of hydrogen-bond donors (Lipinski definition) is 0. The van der Waals surface area contributed by atoms with E-state index in [1.54, 1.807) is 0 Å². The van der Waals surface area contributed by atoms with Crippen LogP contribution < -0.4 is 0 Å². The fourth-order valence-electron chi connectivity index (χ4n) is 0.730. The van der Waals surface area contributed by atoms with E-state index < -0.39 is 24.8 Å². The Morgan fingerprint density at radius 2 is 2.00 bits per heavy atom. The molecular weight excluding hydrogens is 175 g/mol. The molecule has 7 heteroatoms. The molecule has 0 spiro atoms. The molecule has 1 aromatic heterocycles. The lowest BCUT2D eigenvalue weighted by Crippen LogP contribution is -2.20. The summed E-state index contributed by atoms with van der Waals surface area (Å²) in [6.07, 6.45) is 0.423. The van der Waals surface area contributed by atoms with Crippen LogP contribution in [0.2, 0.25) is 0 Å². The third-order valence-corrected chi connectivity index (χ3v) is 1.18. The molecule has 0 bridgehead atoms. The Morgan fingerprint density at radius 1 is 1.33 bits per heavy atom. The van der Waals surface area contributed by atoms with Crippen molar-refractivity contribution >= 4 is 6.98 Å². The average Bonchev–Trinajstić information content (AvgIpc) is 1.91. The monoisotopic (exact) mass is 179 g/mol. The Hall–Kier alpha value is -1.14. The van der Waals surface area contributed by atoms with Crippen molar-refractivity contribution in [2.24, 2.45) is 0 Å². The van der Waals surface area contributed by atoms with Crippen molar-refractivity contribution in [3.8, 4) is 0 Å². The van der Waals surface area contributed by atoms with Crippen LogP contribution in [0.3, 0.4) is 0 Å². The SMILES string of the molecule is Fc1ncncc1C[B-](F)(F)F. The quantitative estimate of drug-likeness (QED) is 0.390. The zero-order chi connectivity index (χ0) is 9.19. The Balaban J connectivity index is 2.83. The highest BCUT2D eigenvalue weighted by atomic mass is 19.4. The second-order valence-corrected chi connectivity index (χ2v) is 2.25. The van der Waals surface area contributed by atoms with Gasteiger partial charge in [-0.15, -0.1) is 0 Å². The summed E-state index contributed by atoms with van der Waals surface area (Å²) in [7, 11) is 0. The lowest BCUT2D eigenvalue weighted by molar-refractivity contribution is 0.461. The molecule has 0 amide bonds. The molecule has 0 fully saturated rings. The van der Waals surface area contributed by atoms with Gasteiger partial charge in [0.25, 0.3) is 0 Å². The van der Waals surface area contributed by atoms with Gasteiger partial charge in [0, 0.05) is 6.20 Å². The van der Waals surface area contributed by atoms with Gasteiger partial charge in [-0.25, -0.2) is 9.97 Å². The van der Waals surface area contributed by atoms with Gasteiger partial charge in [0.05, 0.1) is 0 Å². The summed E-state index contributed by atoms with van der Waals surface area (Å²) in [6, 6.07) is 0. The molecule has 0 N–H and O–H groups in total. The maximum atomic E-state index is 12.5. The van der Waals surface area contributed by atoms with E-state index in [1.807, 2.05) is 0 Å². The summed E-state index contributed by atoms with van der Waals surface area (Å²) in [4.78, 5) is 6.28. The van der Waals surface area contributed by atoms with Gasteiger partial charge in [-0.1, -0.05) is 6.32 Å². The van der Waals surface area contributed by atoms with Crippen molar-refractivity contribution in [2.45, 2.75) is 6.32 Å². The van der Waals surface area contributed by atoms with Crippen molar-refractivity contribution in [3.63, 3.8) is 0 Å². The minimum Gasteiger partial charge on any atom is -0.449 e. The molecule has 1 heterocycles. The molecule has 0 aliphatic rings. The molecule has 0 aromatic carbocycles. The van der Waals surface area contributed by atoms with Crippen molar-refractivity contribution in [2.75, 3.05) is 0 Å². The normalized spacial score (nSPS) is 11.7. The molecule has 66 valence electrons. The number of hydrogen-bond acceptors (Lipinski definition) is 2. The van der Waals surface area contributed by atoms with Crippen molar-refractivity contribution in [3.05, 3.63) is 24.0 Å². The second kappa shape index (κ2) is 3.08. The van der Waals surface area contributed by atoms with Crippen LogP contribution in [0.1, 0.15) is 5.56 Å². The molecule has 0 radical (unpaired) electrons. The van der Waals surface area contributed by atoms with Crippen molar-refractivity contribution in [1.82, 2.24) is 9.97 Å². The van der Waals surface area contributed by atoms with Gasteiger partial charge in [-0.3, -0.25) is 0 Å². The molecule has 1 rings (SSSR count). The van der Waals surface area contributed by atoms with E-state index in [1.165, 1.54) is 0 Å². The van der Waals surface area contributed by atoms with Crippen LogP contribution in [0, 0.1) is 5.95 Å². The lowest BCUT2D eigenvalue weighted by Gasteiger charge is -2.12. The number of aromatic nitrogens is 2.